The van der Waals surface area contributed by atoms with Crippen LogP contribution in [0.15, 0.2) is 35.6 Å². The largest absolute Gasteiger partial charge is 0.462 e. The van der Waals surface area contributed by atoms with E-state index in [1.54, 1.807) is 17.9 Å². The molecule has 0 aliphatic carbocycles. The number of carbonyl (C=O) groups is 1. The summed E-state index contributed by atoms with van der Waals surface area (Å²) in [6.07, 6.45) is 0.954. The molecule has 12 heteroatoms. The van der Waals surface area contributed by atoms with Gasteiger partial charge in [-0.2, -0.15) is 9.40 Å². The molecular formula is C17H21F2N5O4S. The maximum atomic E-state index is 13.5. The van der Waals surface area contributed by atoms with Gasteiger partial charge >= 0.3 is 5.97 Å². The van der Waals surface area contributed by atoms with Crippen LogP contribution in [-0.2, 0) is 21.4 Å². The van der Waals surface area contributed by atoms with Gasteiger partial charge in [0.2, 0.25) is 10.0 Å². The minimum atomic E-state index is -3.65. The van der Waals surface area contributed by atoms with Gasteiger partial charge in [0.1, 0.15) is 16.2 Å². The average Bonchev–Trinajstić information content (AvgIpc) is 3.13. The van der Waals surface area contributed by atoms with Gasteiger partial charge in [-0.25, -0.2) is 26.7 Å². The van der Waals surface area contributed by atoms with Crippen LogP contribution in [-0.4, -0.2) is 71.1 Å². The number of esters is 1. The molecule has 0 unspecified atom stereocenters. The van der Waals surface area contributed by atoms with Crippen LogP contribution in [0.3, 0.4) is 0 Å². The summed E-state index contributed by atoms with van der Waals surface area (Å²) < 4.78 is 59.5. The molecule has 9 nitrogen and oxygen atoms in total. The van der Waals surface area contributed by atoms with Crippen LogP contribution in [0.5, 0.6) is 0 Å². The minimum absolute atomic E-state index is 0.0137. The van der Waals surface area contributed by atoms with Gasteiger partial charge < -0.3 is 4.74 Å². The molecule has 0 bridgehead atoms. The molecule has 1 aliphatic rings. The summed E-state index contributed by atoms with van der Waals surface area (Å²) in [5.74, 6) is -0.846. The molecule has 0 saturated carbocycles. The van der Waals surface area contributed by atoms with Gasteiger partial charge in [-0.1, -0.05) is 0 Å². The fraction of sp³-hybridized carbons (Fsp3) is 0.471. The second-order valence-electron chi connectivity index (χ2n) is 6.32. The van der Waals surface area contributed by atoms with Gasteiger partial charge in [0, 0.05) is 38.6 Å². The third-order valence-corrected chi connectivity index (χ3v) is 6.40. The van der Waals surface area contributed by atoms with E-state index in [4.69, 9.17) is 4.74 Å². The van der Waals surface area contributed by atoms with Gasteiger partial charge in [0.25, 0.3) is 6.43 Å². The van der Waals surface area contributed by atoms with Crippen molar-refractivity contribution < 1.29 is 26.7 Å². The third-order valence-electron chi connectivity index (χ3n) is 4.52. The molecule has 0 aromatic carbocycles. The summed E-state index contributed by atoms with van der Waals surface area (Å²) in [5.41, 5.74) is -0.770. The topological polar surface area (TPSA) is 97.6 Å². The molecule has 2 aromatic heterocycles. The monoisotopic (exact) mass is 429 g/mol. The normalized spacial score (nSPS) is 16.3. The van der Waals surface area contributed by atoms with Crippen LogP contribution in [0, 0.1) is 0 Å². The highest BCUT2D eigenvalue weighted by atomic mass is 32.2. The van der Waals surface area contributed by atoms with E-state index in [9.17, 15) is 22.0 Å². The Morgan fingerprint density at radius 1 is 1.24 bits per heavy atom. The Balaban J connectivity index is 1.68. The zero-order valence-electron chi connectivity index (χ0n) is 15.7. The Kier molecular flexibility index (Phi) is 6.55. The lowest BCUT2D eigenvalue weighted by molar-refractivity contribution is 0.0510. The number of hydrogen-bond donors (Lipinski definition) is 0. The minimum Gasteiger partial charge on any atom is -0.462 e. The summed E-state index contributed by atoms with van der Waals surface area (Å²) >= 11 is 0. The van der Waals surface area contributed by atoms with Gasteiger partial charge in [-0.15, -0.1) is 0 Å². The van der Waals surface area contributed by atoms with Crippen molar-refractivity contribution in [3.8, 4) is 0 Å². The predicted molar refractivity (Wildman–Crippen MR) is 97.7 cm³/mol. The zero-order chi connectivity index (χ0) is 21.0. The number of rotatable bonds is 7. The predicted octanol–water partition coefficient (Wildman–Crippen LogP) is 1.36. The van der Waals surface area contributed by atoms with E-state index in [-0.39, 0.29) is 36.8 Å². The SMILES string of the molecule is CCOC(=O)c1cnn(CN2CCN(S(=O)(=O)c3cccnc3)CC2)c1C(F)F. The molecule has 0 N–H and O–H groups in total. The number of alkyl halides is 2. The van der Waals surface area contributed by atoms with Gasteiger partial charge in [-0.05, 0) is 19.1 Å². The van der Waals surface area contributed by atoms with E-state index in [1.165, 1.54) is 22.8 Å². The van der Waals surface area contributed by atoms with Crippen LogP contribution in [0.1, 0.15) is 29.4 Å². The number of piperazine rings is 1. The Hall–Kier alpha value is -2.44. The van der Waals surface area contributed by atoms with Crippen molar-refractivity contribution >= 4 is 16.0 Å². The first-order valence-electron chi connectivity index (χ1n) is 8.98. The molecule has 158 valence electrons. The van der Waals surface area contributed by atoms with Crippen molar-refractivity contribution in [1.29, 1.82) is 0 Å². The summed E-state index contributed by atoms with van der Waals surface area (Å²) in [5, 5.41) is 3.90. The van der Waals surface area contributed by atoms with Gasteiger partial charge in [0.15, 0.2) is 0 Å². The fourth-order valence-electron chi connectivity index (χ4n) is 3.05. The molecule has 1 aliphatic heterocycles. The van der Waals surface area contributed by atoms with Crippen LogP contribution in [0.2, 0.25) is 0 Å². The maximum absolute atomic E-state index is 13.5. The fourth-order valence-corrected chi connectivity index (χ4v) is 4.44. The Morgan fingerprint density at radius 3 is 2.55 bits per heavy atom. The van der Waals surface area contributed by atoms with Crippen molar-refractivity contribution in [2.24, 2.45) is 0 Å². The lowest BCUT2D eigenvalue weighted by Crippen LogP contribution is -2.49. The highest BCUT2D eigenvalue weighted by Crippen LogP contribution is 2.24. The molecule has 0 spiro atoms. The van der Waals surface area contributed by atoms with E-state index >= 15 is 0 Å². The van der Waals surface area contributed by atoms with E-state index in [1.807, 2.05) is 0 Å². The number of carbonyl (C=O) groups excluding carboxylic acids is 1. The van der Waals surface area contributed by atoms with Crippen molar-refractivity contribution in [2.75, 3.05) is 32.8 Å². The number of nitrogens with zero attached hydrogens (tertiary/aromatic N) is 5. The van der Waals surface area contributed by atoms with Crippen molar-refractivity contribution in [3.05, 3.63) is 42.0 Å². The van der Waals surface area contributed by atoms with Crippen LogP contribution >= 0.6 is 0 Å². The average molecular weight is 429 g/mol. The summed E-state index contributed by atoms with van der Waals surface area (Å²) in [6, 6.07) is 3.03. The Morgan fingerprint density at radius 2 is 1.97 bits per heavy atom. The standard InChI is InChI=1S/C17H21F2N5O4S/c1-2-28-17(25)14-11-21-24(15(14)16(18)19)12-22-6-8-23(9-7-22)29(26,27)13-4-3-5-20-10-13/h3-5,10-11,16H,2,6-9,12H2,1H3. The maximum Gasteiger partial charge on any atom is 0.341 e. The summed E-state index contributed by atoms with van der Waals surface area (Å²) in [4.78, 5) is 17.6. The highest BCUT2D eigenvalue weighted by molar-refractivity contribution is 7.89. The number of sulfonamides is 1. The van der Waals surface area contributed by atoms with Crippen LogP contribution in [0.4, 0.5) is 8.78 Å². The Labute approximate surface area is 166 Å². The first-order valence-corrected chi connectivity index (χ1v) is 10.4. The molecule has 29 heavy (non-hydrogen) atoms. The number of pyridine rings is 1. The van der Waals surface area contributed by atoms with Crippen LogP contribution in [0.25, 0.3) is 0 Å². The van der Waals surface area contributed by atoms with Crippen LogP contribution < -0.4 is 0 Å². The smallest absolute Gasteiger partial charge is 0.341 e. The second-order valence-corrected chi connectivity index (χ2v) is 8.25. The van der Waals surface area contributed by atoms with Crippen molar-refractivity contribution in [3.63, 3.8) is 0 Å². The second kappa shape index (κ2) is 8.93. The van der Waals surface area contributed by atoms with E-state index in [0.29, 0.717) is 13.1 Å². The molecule has 1 saturated heterocycles. The molecule has 1 fully saturated rings. The number of aromatic nitrogens is 3. The van der Waals surface area contributed by atoms with Gasteiger partial charge in [0.05, 0.1) is 19.5 Å². The summed E-state index contributed by atoms with van der Waals surface area (Å²) in [7, 11) is -3.65. The molecule has 3 rings (SSSR count). The van der Waals surface area contributed by atoms with E-state index in [2.05, 4.69) is 10.1 Å². The Bertz CT molecular complexity index is 944. The van der Waals surface area contributed by atoms with Crippen molar-refractivity contribution in [1.82, 2.24) is 24.0 Å². The highest BCUT2D eigenvalue weighted by Gasteiger charge is 2.30. The number of hydrogen-bond acceptors (Lipinski definition) is 7. The number of halogens is 2. The van der Waals surface area contributed by atoms with Gasteiger partial charge in [-0.3, -0.25) is 9.88 Å². The zero-order valence-corrected chi connectivity index (χ0v) is 16.6. The molecule has 2 aromatic rings. The van der Waals surface area contributed by atoms with Crippen molar-refractivity contribution in [2.45, 2.75) is 24.9 Å². The number of ether oxygens (including phenoxy) is 1. The lowest BCUT2D eigenvalue weighted by Gasteiger charge is -2.34. The molecule has 0 atom stereocenters. The molecular weight excluding hydrogens is 408 g/mol. The lowest BCUT2D eigenvalue weighted by atomic mass is 10.2. The first-order chi connectivity index (χ1) is 13.8. The molecule has 3 heterocycles. The van der Waals surface area contributed by atoms with E-state index < -0.39 is 28.1 Å². The third kappa shape index (κ3) is 4.60. The first kappa shape index (κ1) is 21.3. The molecule has 0 amide bonds. The quantitative estimate of drug-likeness (QED) is 0.613. The molecule has 0 radical (unpaired) electrons. The van der Waals surface area contributed by atoms with E-state index in [0.717, 1.165) is 10.9 Å². The summed E-state index contributed by atoms with van der Waals surface area (Å²) in [6.45, 7) is 2.73.